The van der Waals surface area contributed by atoms with E-state index in [1.54, 1.807) is 30.3 Å². The molecular weight excluding hydrogens is 569 g/mol. The van der Waals surface area contributed by atoms with E-state index in [-0.39, 0.29) is 12.5 Å². The molecular formula is C28H22IN3O4. The molecule has 0 saturated carbocycles. The number of carbonyl (C=O) groups is 3. The van der Waals surface area contributed by atoms with E-state index >= 15 is 0 Å². The van der Waals surface area contributed by atoms with Crippen molar-refractivity contribution in [3.8, 4) is 5.75 Å². The molecule has 0 aliphatic heterocycles. The van der Waals surface area contributed by atoms with Gasteiger partial charge in [-0.05, 0) is 70.6 Å². The van der Waals surface area contributed by atoms with Gasteiger partial charge < -0.3 is 10.1 Å². The summed E-state index contributed by atoms with van der Waals surface area (Å²) >= 11 is 2.06. The van der Waals surface area contributed by atoms with Crippen LogP contribution in [0.2, 0.25) is 0 Å². The lowest BCUT2D eigenvalue weighted by atomic mass is 10.0. The number of rotatable bonds is 7. The van der Waals surface area contributed by atoms with Crippen molar-refractivity contribution in [1.29, 1.82) is 0 Å². The number of nitrogens with zero attached hydrogens (tertiary/aromatic N) is 1. The SMILES string of the molecule is Cc1ccc(C(=O)Oc2ccc3ccccc3c2/C=N/NC(=O)CNC(=O)c2ccccc2I)cc1. The maximum atomic E-state index is 12.7. The number of benzene rings is 4. The average molecular weight is 591 g/mol. The van der Waals surface area contributed by atoms with Crippen LogP contribution in [0, 0.1) is 10.5 Å². The summed E-state index contributed by atoms with van der Waals surface area (Å²) in [6.07, 6.45) is 1.43. The van der Waals surface area contributed by atoms with Crippen LogP contribution in [0.4, 0.5) is 0 Å². The molecule has 4 aromatic carbocycles. The highest BCUT2D eigenvalue weighted by Crippen LogP contribution is 2.27. The van der Waals surface area contributed by atoms with Crippen LogP contribution in [-0.4, -0.2) is 30.5 Å². The third-order valence-corrected chi connectivity index (χ3v) is 6.27. The molecule has 0 radical (unpaired) electrons. The minimum atomic E-state index is -0.498. The molecule has 36 heavy (non-hydrogen) atoms. The fourth-order valence-corrected chi connectivity index (χ4v) is 4.09. The molecule has 0 unspecified atom stereocenters. The first-order valence-corrected chi connectivity index (χ1v) is 12.2. The van der Waals surface area contributed by atoms with Crippen LogP contribution in [0.15, 0.2) is 90.0 Å². The Balaban J connectivity index is 1.47. The predicted molar refractivity (Wildman–Crippen MR) is 147 cm³/mol. The first kappa shape index (κ1) is 25.1. The lowest BCUT2D eigenvalue weighted by molar-refractivity contribution is -0.120. The van der Waals surface area contributed by atoms with E-state index in [1.165, 1.54) is 6.21 Å². The van der Waals surface area contributed by atoms with E-state index in [1.807, 2.05) is 61.5 Å². The molecule has 2 amide bonds. The Morgan fingerprint density at radius 3 is 2.42 bits per heavy atom. The largest absolute Gasteiger partial charge is 0.422 e. The molecule has 0 aliphatic carbocycles. The number of aryl methyl sites for hydroxylation is 1. The third-order valence-electron chi connectivity index (χ3n) is 5.33. The molecule has 2 N–H and O–H groups in total. The Hall–Kier alpha value is -4.05. The van der Waals surface area contributed by atoms with E-state index in [2.05, 4.69) is 38.4 Å². The highest BCUT2D eigenvalue weighted by molar-refractivity contribution is 14.1. The van der Waals surface area contributed by atoms with E-state index in [9.17, 15) is 14.4 Å². The first-order valence-electron chi connectivity index (χ1n) is 11.1. The zero-order chi connectivity index (χ0) is 25.5. The smallest absolute Gasteiger partial charge is 0.343 e. The summed E-state index contributed by atoms with van der Waals surface area (Å²) in [7, 11) is 0. The molecule has 0 saturated heterocycles. The van der Waals surface area contributed by atoms with E-state index < -0.39 is 11.9 Å². The van der Waals surface area contributed by atoms with Crippen LogP contribution in [0.25, 0.3) is 10.8 Å². The molecule has 0 atom stereocenters. The molecule has 0 spiro atoms. The first-order chi connectivity index (χ1) is 17.4. The highest BCUT2D eigenvalue weighted by atomic mass is 127. The monoisotopic (exact) mass is 591 g/mol. The van der Waals surface area contributed by atoms with Crippen LogP contribution in [0.1, 0.15) is 31.8 Å². The van der Waals surface area contributed by atoms with Crippen molar-refractivity contribution in [3.63, 3.8) is 0 Å². The number of fused-ring (bicyclic) bond motifs is 1. The van der Waals surface area contributed by atoms with Gasteiger partial charge in [-0.15, -0.1) is 0 Å². The Morgan fingerprint density at radius 1 is 0.917 bits per heavy atom. The lowest BCUT2D eigenvalue weighted by Gasteiger charge is -2.11. The van der Waals surface area contributed by atoms with Gasteiger partial charge in [0.05, 0.1) is 23.9 Å². The molecule has 180 valence electrons. The Kier molecular flexibility index (Phi) is 8.06. The summed E-state index contributed by atoms with van der Waals surface area (Å²) < 4.78 is 6.46. The van der Waals surface area contributed by atoms with Crippen LogP contribution < -0.4 is 15.5 Å². The standard InChI is InChI=1S/C28H22IN3O4/c1-18-10-12-20(13-11-18)28(35)36-25-15-14-19-6-2-3-7-21(19)23(25)16-31-32-26(33)17-30-27(34)22-8-4-5-9-24(22)29/h2-16H,17H2,1H3,(H,30,34)(H,32,33)/b31-16+. The van der Waals surface area contributed by atoms with Gasteiger partial charge in [0.15, 0.2) is 0 Å². The summed E-state index contributed by atoms with van der Waals surface area (Å²) in [4.78, 5) is 37.3. The second-order valence-corrected chi connectivity index (χ2v) is 9.07. The van der Waals surface area contributed by atoms with Gasteiger partial charge in [-0.3, -0.25) is 9.59 Å². The number of halogens is 1. The topological polar surface area (TPSA) is 96.9 Å². The molecule has 0 aliphatic rings. The predicted octanol–water partition coefficient (Wildman–Crippen LogP) is 4.85. The second-order valence-electron chi connectivity index (χ2n) is 7.91. The van der Waals surface area contributed by atoms with Gasteiger partial charge in [0.1, 0.15) is 5.75 Å². The number of hydrogen-bond acceptors (Lipinski definition) is 5. The number of ether oxygens (including phenoxy) is 1. The maximum Gasteiger partial charge on any atom is 0.343 e. The Labute approximate surface area is 221 Å². The number of nitrogens with one attached hydrogen (secondary N) is 2. The zero-order valence-electron chi connectivity index (χ0n) is 19.3. The van der Waals surface area contributed by atoms with Gasteiger partial charge in [0, 0.05) is 9.13 Å². The summed E-state index contributed by atoms with van der Waals surface area (Å²) in [6.45, 7) is 1.70. The fourth-order valence-electron chi connectivity index (χ4n) is 3.46. The Bertz CT molecular complexity index is 1470. The van der Waals surface area contributed by atoms with Crippen LogP contribution >= 0.6 is 22.6 Å². The molecule has 0 heterocycles. The van der Waals surface area contributed by atoms with Crippen molar-refractivity contribution in [3.05, 3.63) is 111 Å². The molecule has 4 aromatic rings. The van der Waals surface area contributed by atoms with Gasteiger partial charge >= 0.3 is 5.97 Å². The normalized spacial score (nSPS) is 10.8. The number of esters is 1. The zero-order valence-corrected chi connectivity index (χ0v) is 21.5. The van der Waals surface area contributed by atoms with E-state index in [4.69, 9.17) is 4.74 Å². The minimum Gasteiger partial charge on any atom is -0.422 e. The van der Waals surface area contributed by atoms with Gasteiger partial charge in [0.25, 0.3) is 11.8 Å². The second kappa shape index (κ2) is 11.6. The van der Waals surface area contributed by atoms with Crippen LogP contribution in [0.3, 0.4) is 0 Å². The molecule has 0 fully saturated rings. The fraction of sp³-hybridized carbons (Fsp3) is 0.0714. The van der Waals surface area contributed by atoms with Crippen molar-refractivity contribution in [2.45, 2.75) is 6.92 Å². The maximum absolute atomic E-state index is 12.7. The summed E-state index contributed by atoms with van der Waals surface area (Å²) in [6, 6.07) is 25.3. The third kappa shape index (κ3) is 6.14. The number of hydrogen-bond donors (Lipinski definition) is 2. The van der Waals surface area contributed by atoms with Crippen molar-refractivity contribution in [2.75, 3.05) is 6.54 Å². The minimum absolute atomic E-state index is 0.244. The van der Waals surface area contributed by atoms with Gasteiger partial charge in [0.2, 0.25) is 0 Å². The number of amides is 2. The summed E-state index contributed by atoms with van der Waals surface area (Å²) in [5, 5.41) is 8.35. The highest BCUT2D eigenvalue weighted by Gasteiger charge is 2.14. The van der Waals surface area contributed by atoms with Crippen LogP contribution in [0.5, 0.6) is 5.75 Å². The lowest BCUT2D eigenvalue weighted by Crippen LogP contribution is -2.35. The van der Waals surface area contributed by atoms with Crippen molar-refractivity contribution in [1.82, 2.24) is 10.7 Å². The van der Waals surface area contributed by atoms with E-state index in [0.29, 0.717) is 22.4 Å². The quantitative estimate of drug-likeness (QED) is 0.106. The molecule has 4 rings (SSSR count). The molecule has 0 bridgehead atoms. The van der Waals surface area contributed by atoms with Crippen molar-refractivity contribution >= 4 is 57.4 Å². The number of hydrazone groups is 1. The van der Waals surface area contributed by atoms with Gasteiger partial charge in [-0.2, -0.15) is 5.10 Å². The van der Waals surface area contributed by atoms with Crippen molar-refractivity contribution < 1.29 is 19.1 Å². The van der Waals surface area contributed by atoms with Gasteiger partial charge in [-0.25, -0.2) is 10.2 Å². The summed E-state index contributed by atoms with van der Waals surface area (Å²) in [5.41, 5.74) is 4.90. The number of carbonyl (C=O) groups excluding carboxylic acids is 3. The average Bonchev–Trinajstić information content (AvgIpc) is 2.89. The van der Waals surface area contributed by atoms with Gasteiger partial charge in [-0.1, -0.05) is 60.2 Å². The molecule has 7 nitrogen and oxygen atoms in total. The molecule has 0 aromatic heterocycles. The van der Waals surface area contributed by atoms with Crippen LogP contribution in [-0.2, 0) is 4.79 Å². The van der Waals surface area contributed by atoms with E-state index in [0.717, 1.165) is 19.9 Å². The molecule has 8 heteroatoms. The Morgan fingerprint density at radius 2 is 1.64 bits per heavy atom. The summed E-state index contributed by atoms with van der Waals surface area (Å²) in [5.74, 6) is -1.03. The van der Waals surface area contributed by atoms with Crippen molar-refractivity contribution in [2.24, 2.45) is 5.10 Å².